The molecule has 29 heavy (non-hydrogen) atoms. The number of anilines is 2. The van der Waals surface area contributed by atoms with Crippen molar-refractivity contribution in [3.63, 3.8) is 0 Å². The fraction of sp³-hybridized carbons (Fsp3) is 0.286. The molecule has 1 atom stereocenters. The number of likely N-dealkylation sites (tertiary alicyclic amines) is 1. The Morgan fingerprint density at radius 3 is 2.79 bits per heavy atom. The quantitative estimate of drug-likeness (QED) is 0.565. The van der Waals surface area contributed by atoms with E-state index < -0.39 is 0 Å². The summed E-state index contributed by atoms with van der Waals surface area (Å²) in [6, 6.07) is 12.4. The third-order valence-corrected chi connectivity index (χ3v) is 5.36. The minimum absolute atomic E-state index is 0.422. The molecule has 4 heterocycles. The average Bonchev–Trinajstić information content (AvgIpc) is 3.47. The molecule has 1 aliphatic rings. The Morgan fingerprint density at radius 2 is 2.03 bits per heavy atom. The molecule has 0 saturated carbocycles. The summed E-state index contributed by atoms with van der Waals surface area (Å²) in [7, 11) is 3.81. The lowest BCUT2D eigenvalue weighted by atomic mass is 10.1. The van der Waals surface area contributed by atoms with E-state index in [1.165, 1.54) is 0 Å². The first-order chi connectivity index (χ1) is 14.2. The standard InChI is InChI=1S/C21H23N7O/c1-26-11-9-17(14-26)28-13-16(12-22-28)23-21-24-20-19(4-3-10-27(20)25-21)15-5-7-18(29-2)8-6-15/h3-8,10,12-13,17H,9,11,14H2,1-2H3,(H,23,25). The van der Waals surface area contributed by atoms with Gasteiger partial charge in [-0.05, 0) is 49.8 Å². The number of ether oxygens (including phenoxy) is 1. The predicted octanol–water partition coefficient (Wildman–Crippen LogP) is 3.22. The molecule has 8 heteroatoms. The van der Waals surface area contributed by atoms with Crippen LogP contribution in [0.3, 0.4) is 0 Å². The molecule has 0 aliphatic carbocycles. The van der Waals surface area contributed by atoms with Crippen molar-refractivity contribution in [3.8, 4) is 16.9 Å². The number of benzene rings is 1. The average molecular weight is 389 g/mol. The van der Waals surface area contributed by atoms with E-state index in [2.05, 4.69) is 27.5 Å². The summed E-state index contributed by atoms with van der Waals surface area (Å²) in [6.45, 7) is 2.13. The number of hydrogen-bond donors (Lipinski definition) is 1. The molecule has 4 aromatic rings. The molecule has 0 spiro atoms. The lowest BCUT2D eigenvalue weighted by Gasteiger charge is -2.10. The van der Waals surface area contributed by atoms with E-state index in [0.717, 1.165) is 47.7 Å². The first-order valence-electron chi connectivity index (χ1n) is 9.69. The zero-order valence-corrected chi connectivity index (χ0v) is 16.5. The summed E-state index contributed by atoms with van der Waals surface area (Å²) in [5.74, 6) is 1.38. The van der Waals surface area contributed by atoms with E-state index in [1.54, 1.807) is 11.6 Å². The second-order valence-electron chi connectivity index (χ2n) is 7.39. The van der Waals surface area contributed by atoms with Crippen LogP contribution < -0.4 is 10.1 Å². The molecular formula is C21H23N7O. The maximum atomic E-state index is 5.25. The van der Waals surface area contributed by atoms with Crippen molar-refractivity contribution < 1.29 is 4.74 Å². The molecule has 1 N–H and O–H groups in total. The van der Waals surface area contributed by atoms with Gasteiger partial charge in [0.2, 0.25) is 5.95 Å². The Hall–Kier alpha value is -3.39. The largest absolute Gasteiger partial charge is 0.497 e. The monoisotopic (exact) mass is 389 g/mol. The molecule has 8 nitrogen and oxygen atoms in total. The number of methoxy groups -OCH3 is 1. The molecule has 0 radical (unpaired) electrons. The van der Waals surface area contributed by atoms with Crippen molar-refractivity contribution in [1.29, 1.82) is 0 Å². The molecule has 1 saturated heterocycles. The first kappa shape index (κ1) is 17.7. The number of aromatic nitrogens is 5. The van der Waals surface area contributed by atoms with Crippen LogP contribution in [-0.2, 0) is 0 Å². The summed E-state index contributed by atoms with van der Waals surface area (Å²) >= 11 is 0. The van der Waals surface area contributed by atoms with Gasteiger partial charge in [-0.2, -0.15) is 10.1 Å². The van der Waals surface area contributed by atoms with Crippen LogP contribution >= 0.6 is 0 Å². The number of nitrogens with zero attached hydrogens (tertiary/aromatic N) is 6. The highest BCUT2D eigenvalue weighted by Crippen LogP contribution is 2.27. The van der Waals surface area contributed by atoms with Crippen LogP contribution in [-0.4, -0.2) is 56.5 Å². The third kappa shape index (κ3) is 3.42. The van der Waals surface area contributed by atoms with Gasteiger partial charge in [-0.25, -0.2) is 4.52 Å². The van der Waals surface area contributed by atoms with Crippen LogP contribution in [0.2, 0.25) is 0 Å². The molecule has 0 amide bonds. The second-order valence-corrected chi connectivity index (χ2v) is 7.39. The maximum Gasteiger partial charge on any atom is 0.247 e. The van der Waals surface area contributed by atoms with Crippen molar-refractivity contribution in [1.82, 2.24) is 29.3 Å². The van der Waals surface area contributed by atoms with E-state index in [1.807, 2.05) is 59.7 Å². The summed E-state index contributed by atoms with van der Waals surface area (Å²) < 4.78 is 9.08. The molecule has 1 fully saturated rings. The van der Waals surface area contributed by atoms with Crippen molar-refractivity contribution >= 4 is 17.3 Å². The Kier molecular flexibility index (Phi) is 4.40. The molecule has 148 valence electrons. The summed E-state index contributed by atoms with van der Waals surface area (Å²) in [4.78, 5) is 7.03. The van der Waals surface area contributed by atoms with Gasteiger partial charge in [-0.1, -0.05) is 12.1 Å². The number of hydrogen-bond acceptors (Lipinski definition) is 6. The van der Waals surface area contributed by atoms with E-state index in [0.29, 0.717) is 12.0 Å². The van der Waals surface area contributed by atoms with Gasteiger partial charge in [-0.3, -0.25) is 4.68 Å². The van der Waals surface area contributed by atoms with E-state index in [-0.39, 0.29) is 0 Å². The van der Waals surface area contributed by atoms with Gasteiger partial charge < -0.3 is 15.0 Å². The van der Waals surface area contributed by atoms with Crippen LogP contribution in [0, 0.1) is 0 Å². The molecule has 1 aliphatic heterocycles. The van der Waals surface area contributed by atoms with Gasteiger partial charge in [-0.15, -0.1) is 5.10 Å². The maximum absolute atomic E-state index is 5.25. The lowest BCUT2D eigenvalue weighted by molar-refractivity contribution is 0.382. The SMILES string of the molecule is COc1ccc(-c2cccn3nc(Nc4cnn(C5CCN(C)C5)c4)nc23)cc1. The van der Waals surface area contributed by atoms with E-state index in [4.69, 9.17) is 9.72 Å². The Labute approximate surface area is 168 Å². The van der Waals surface area contributed by atoms with Crippen LogP contribution in [0.5, 0.6) is 5.75 Å². The van der Waals surface area contributed by atoms with Gasteiger partial charge >= 0.3 is 0 Å². The molecule has 0 bridgehead atoms. The number of likely N-dealkylation sites (N-methyl/N-ethyl adjacent to an activating group) is 1. The number of pyridine rings is 1. The van der Waals surface area contributed by atoms with Gasteiger partial charge in [0, 0.05) is 24.5 Å². The van der Waals surface area contributed by atoms with Crippen LogP contribution in [0.1, 0.15) is 12.5 Å². The second kappa shape index (κ2) is 7.21. The predicted molar refractivity (Wildman–Crippen MR) is 112 cm³/mol. The molecule has 5 rings (SSSR count). The highest BCUT2D eigenvalue weighted by Gasteiger charge is 2.21. The normalized spacial score (nSPS) is 17.1. The summed E-state index contributed by atoms with van der Waals surface area (Å²) in [5.41, 5.74) is 3.76. The Bertz CT molecular complexity index is 1130. The topological polar surface area (TPSA) is 72.5 Å². The molecule has 3 aromatic heterocycles. The lowest BCUT2D eigenvalue weighted by Crippen LogP contribution is -2.16. The van der Waals surface area contributed by atoms with Gasteiger partial charge in [0.15, 0.2) is 5.65 Å². The molecule has 1 unspecified atom stereocenters. The van der Waals surface area contributed by atoms with Crippen LogP contribution in [0.25, 0.3) is 16.8 Å². The Balaban J connectivity index is 1.41. The van der Waals surface area contributed by atoms with Crippen molar-refractivity contribution in [2.45, 2.75) is 12.5 Å². The van der Waals surface area contributed by atoms with Gasteiger partial charge in [0.05, 0.1) is 25.0 Å². The molecular weight excluding hydrogens is 366 g/mol. The number of fused-ring (bicyclic) bond motifs is 1. The highest BCUT2D eigenvalue weighted by atomic mass is 16.5. The van der Waals surface area contributed by atoms with Crippen LogP contribution in [0.15, 0.2) is 55.0 Å². The summed E-state index contributed by atoms with van der Waals surface area (Å²) in [5, 5.41) is 12.4. The highest BCUT2D eigenvalue weighted by molar-refractivity contribution is 5.78. The third-order valence-electron chi connectivity index (χ3n) is 5.36. The number of rotatable bonds is 5. The van der Waals surface area contributed by atoms with Crippen LogP contribution in [0.4, 0.5) is 11.6 Å². The fourth-order valence-corrected chi connectivity index (χ4v) is 3.81. The zero-order valence-electron chi connectivity index (χ0n) is 16.5. The molecule has 1 aromatic carbocycles. The first-order valence-corrected chi connectivity index (χ1v) is 9.69. The smallest absolute Gasteiger partial charge is 0.247 e. The minimum atomic E-state index is 0.422. The van der Waals surface area contributed by atoms with Crippen molar-refractivity contribution in [2.75, 3.05) is 32.6 Å². The zero-order chi connectivity index (χ0) is 19.8. The van der Waals surface area contributed by atoms with E-state index in [9.17, 15) is 0 Å². The van der Waals surface area contributed by atoms with E-state index >= 15 is 0 Å². The van der Waals surface area contributed by atoms with Crippen molar-refractivity contribution in [3.05, 3.63) is 55.0 Å². The van der Waals surface area contributed by atoms with Crippen molar-refractivity contribution in [2.24, 2.45) is 0 Å². The van der Waals surface area contributed by atoms with Gasteiger partial charge in [0.1, 0.15) is 5.75 Å². The number of nitrogens with one attached hydrogen (secondary N) is 1. The fourth-order valence-electron chi connectivity index (χ4n) is 3.81. The minimum Gasteiger partial charge on any atom is -0.497 e. The van der Waals surface area contributed by atoms with Gasteiger partial charge in [0.25, 0.3) is 0 Å². The summed E-state index contributed by atoms with van der Waals surface area (Å²) in [6.07, 6.45) is 6.88. The Morgan fingerprint density at radius 1 is 1.17 bits per heavy atom.